The van der Waals surface area contributed by atoms with Crippen LogP contribution in [0.2, 0.25) is 0 Å². The van der Waals surface area contributed by atoms with Gasteiger partial charge >= 0.3 is 12.2 Å². The first-order chi connectivity index (χ1) is 27.5. The third-order valence-corrected chi connectivity index (χ3v) is 11.3. The van der Waals surface area contributed by atoms with Gasteiger partial charge in [0, 0.05) is 36.6 Å². The number of nitrogens with one attached hydrogen (secondary N) is 4. The largest absolute Gasteiger partial charge is 0.465 e. The van der Waals surface area contributed by atoms with Gasteiger partial charge in [-0.1, -0.05) is 76.2 Å². The minimum absolute atomic E-state index is 0.142. The molecule has 4 heterocycles. The number of benzene rings is 3. The Morgan fingerprint density at radius 1 is 0.719 bits per heavy atom. The number of rotatable bonds is 11. The van der Waals surface area contributed by atoms with E-state index in [0.29, 0.717) is 31.8 Å². The summed E-state index contributed by atoms with van der Waals surface area (Å²) in [5.41, 5.74) is 5.61. The Hall–Kier alpha value is -6.18. The molecule has 2 aromatic heterocycles. The molecule has 0 radical (unpaired) electrons. The molecule has 2 saturated heterocycles. The third-order valence-electron chi connectivity index (χ3n) is 11.3. The van der Waals surface area contributed by atoms with Crippen molar-refractivity contribution >= 4 is 34.8 Å². The van der Waals surface area contributed by atoms with Gasteiger partial charge in [0.1, 0.15) is 23.7 Å². The number of likely N-dealkylation sites (tertiary alicyclic amines) is 2. The topological polar surface area (TPSA) is 186 Å². The van der Waals surface area contributed by atoms with E-state index < -0.39 is 24.3 Å². The van der Waals surface area contributed by atoms with Crippen molar-refractivity contribution < 1.29 is 29.0 Å². The van der Waals surface area contributed by atoms with E-state index in [4.69, 9.17) is 14.7 Å². The minimum Gasteiger partial charge on any atom is -0.465 e. The van der Waals surface area contributed by atoms with Crippen molar-refractivity contribution in [3.63, 3.8) is 0 Å². The molecule has 5 N–H and O–H groups in total. The fourth-order valence-electron chi connectivity index (χ4n) is 8.25. The maximum Gasteiger partial charge on any atom is 0.407 e. The maximum absolute atomic E-state index is 13.5. The zero-order valence-electron chi connectivity index (χ0n) is 32.9. The molecule has 5 aromatic rings. The molecule has 14 nitrogen and oxygen atoms in total. The second-order valence-electron chi connectivity index (χ2n) is 15.4. The average molecular weight is 775 g/mol. The number of aromatic amines is 2. The van der Waals surface area contributed by atoms with Crippen molar-refractivity contribution in [1.29, 1.82) is 0 Å². The van der Waals surface area contributed by atoms with Gasteiger partial charge in [0.25, 0.3) is 0 Å². The van der Waals surface area contributed by atoms with Crippen molar-refractivity contribution in [2.24, 2.45) is 11.8 Å². The summed E-state index contributed by atoms with van der Waals surface area (Å²) < 4.78 is 4.73. The van der Waals surface area contributed by atoms with Gasteiger partial charge < -0.3 is 40.2 Å². The van der Waals surface area contributed by atoms with Crippen LogP contribution in [0.3, 0.4) is 0 Å². The smallest absolute Gasteiger partial charge is 0.407 e. The van der Waals surface area contributed by atoms with Crippen molar-refractivity contribution in [2.75, 3.05) is 20.2 Å². The lowest BCUT2D eigenvalue weighted by Crippen LogP contribution is -2.48. The highest BCUT2D eigenvalue weighted by Gasteiger charge is 2.40. The molecular formula is C43H50N8O6. The summed E-state index contributed by atoms with van der Waals surface area (Å²) in [4.78, 5) is 70.0. The quantitative estimate of drug-likeness (QED) is 0.0926. The summed E-state index contributed by atoms with van der Waals surface area (Å²) in [7, 11) is 1.29. The second-order valence-corrected chi connectivity index (χ2v) is 15.4. The van der Waals surface area contributed by atoms with E-state index >= 15 is 0 Å². The first kappa shape index (κ1) is 39.1. The number of imidazole rings is 2. The molecule has 0 saturated carbocycles. The highest BCUT2D eigenvalue weighted by atomic mass is 16.5. The summed E-state index contributed by atoms with van der Waals surface area (Å²) >= 11 is 0. The molecule has 0 aliphatic carbocycles. The molecule has 2 fully saturated rings. The highest BCUT2D eigenvalue weighted by Crippen LogP contribution is 2.38. The van der Waals surface area contributed by atoms with Crippen LogP contribution in [0.15, 0.2) is 73.1 Å². The lowest BCUT2D eigenvalue weighted by molar-refractivity contribution is -0.135. The lowest BCUT2D eigenvalue weighted by atomic mass is 9.98. The fraction of sp³-hybridized carbons (Fsp3) is 0.395. The van der Waals surface area contributed by atoms with Crippen LogP contribution in [0.4, 0.5) is 9.59 Å². The number of amides is 4. The van der Waals surface area contributed by atoms with E-state index in [1.54, 1.807) is 11.8 Å². The van der Waals surface area contributed by atoms with Gasteiger partial charge in [0.2, 0.25) is 11.8 Å². The first-order valence-electron chi connectivity index (χ1n) is 19.7. The van der Waals surface area contributed by atoms with Crippen LogP contribution in [0.1, 0.15) is 77.1 Å². The number of carboxylic acid groups (broad SMARTS) is 1. The Labute approximate surface area is 331 Å². The Balaban J connectivity index is 1.04. The second kappa shape index (κ2) is 16.5. The zero-order valence-corrected chi connectivity index (χ0v) is 32.9. The van der Waals surface area contributed by atoms with Gasteiger partial charge in [-0.3, -0.25) is 9.59 Å². The van der Waals surface area contributed by atoms with Crippen LogP contribution >= 0.6 is 0 Å². The van der Waals surface area contributed by atoms with E-state index in [0.717, 1.165) is 63.1 Å². The number of fused-ring (bicyclic) bond motifs is 1. The molecular weight excluding hydrogens is 725 g/mol. The SMILES string of the molecule is CCC(NC(=O)O)C(=O)N1C[C@@H](C)C[C@H]1c1nc(-c2ccc(-c3ccc4cc(-c5c[nH]c([C@@H]6C[C@H](C)CN6C(=O)C(CC)NC(=O)OC)n5)ccc4c3)cc2)c[nH]1. The van der Waals surface area contributed by atoms with Gasteiger partial charge in [-0.15, -0.1) is 0 Å². The van der Waals surface area contributed by atoms with Gasteiger partial charge in [-0.25, -0.2) is 19.6 Å². The highest BCUT2D eigenvalue weighted by molar-refractivity contribution is 5.91. The molecule has 2 aliphatic rings. The number of ether oxygens (including phenoxy) is 1. The number of nitrogens with zero attached hydrogens (tertiary/aromatic N) is 4. The number of carbonyl (C=O) groups excluding carboxylic acids is 3. The number of H-pyrrole nitrogens is 2. The molecule has 298 valence electrons. The summed E-state index contributed by atoms with van der Waals surface area (Å²) in [6.07, 6.45) is 4.24. The molecule has 2 unspecified atom stereocenters. The molecule has 6 atom stereocenters. The maximum atomic E-state index is 13.5. The van der Waals surface area contributed by atoms with E-state index in [2.05, 4.69) is 83.0 Å². The summed E-state index contributed by atoms with van der Waals surface area (Å²) in [6.45, 7) is 8.99. The average Bonchev–Trinajstić information content (AvgIpc) is 4.05. The van der Waals surface area contributed by atoms with Gasteiger partial charge in [0.15, 0.2) is 0 Å². The van der Waals surface area contributed by atoms with Crippen LogP contribution in [0.5, 0.6) is 0 Å². The Bertz CT molecular complexity index is 2270. The first-order valence-corrected chi connectivity index (χ1v) is 19.7. The number of hydrogen-bond acceptors (Lipinski definition) is 7. The van der Waals surface area contributed by atoms with E-state index in [9.17, 15) is 24.3 Å². The van der Waals surface area contributed by atoms with Gasteiger partial charge in [0.05, 0.1) is 30.6 Å². The summed E-state index contributed by atoms with van der Waals surface area (Å²) in [5.74, 6) is 1.59. The minimum atomic E-state index is -1.21. The monoisotopic (exact) mass is 774 g/mol. The van der Waals surface area contributed by atoms with Crippen LogP contribution in [-0.2, 0) is 14.3 Å². The standard InChI is InChI=1S/C43H50N8O6/c1-6-32(48-42(54)55)40(52)50-22-24(3)16-36(50)38-44-20-34(46-38)27-10-8-26(9-11-27)28-12-13-30-19-31(15-14-29(30)18-28)35-21-45-39(47-35)37-17-25(4)23-51(37)41(53)33(7-2)49-43(56)57-5/h8-15,18-21,24-25,32-33,36-37,48H,6-7,16-17,22-23H2,1-5H3,(H,44,46)(H,45,47)(H,49,56)(H,54,55)/t24-,25-,32?,33?,36-,37-/m0/s1. The summed E-state index contributed by atoms with van der Waals surface area (Å²) in [6, 6.07) is 19.0. The fourth-order valence-corrected chi connectivity index (χ4v) is 8.25. The molecule has 4 amide bonds. The zero-order chi connectivity index (χ0) is 40.4. The van der Waals surface area contributed by atoms with Gasteiger partial charge in [-0.05, 0) is 71.6 Å². The molecule has 7 rings (SSSR count). The number of methoxy groups -OCH3 is 1. The van der Waals surface area contributed by atoms with E-state index in [-0.39, 0.29) is 35.7 Å². The van der Waals surface area contributed by atoms with E-state index in [1.807, 2.05) is 36.4 Å². The van der Waals surface area contributed by atoms with Gasteiger partial charge in [-0.2, -0.15) is 0 Å². The van der Waals surface area contributed by atoms with Crippen LogP contribution in [-0.4, -0.2) is 91.1 Å². The Morgan fingerprint density at radius 3 is 1.68 bits per heavy atom. The molecule has 0 spiro atoms. The Kier molecular flexibility index (Phi) is 11.3. The van der Waals surface area contributed by atoms with Crippen molar-refractivity contribution in [3.05, 3.63) is 84.7 Å². The normalized spacial score (nSPS) is 20.4. The molecule has 57 heavy (non-hydrogen) atoms. The molecule has 3 aromatic carbocycles. The predicted molar refractivity (Wildman–Crippen MR) is 216 cm³/mol. The van der Waals surface area contributed by atoms with Crippen LogP contribution < -0.4 is 10.6 Å². The van der Waals surface area contributed by atoms with Crippen molar-refractivity contribution in [1.82, 2.24) is 40.4 Å². The number of hydrogen-bond donors (Lipinski definition) is 5. The van der Waals surface area contributed by atoms with E-state index in [1.165, 1.54) is 7.11 Å². The van der Waals surface area contributed by atoms with Crippen molar-refractivity contribution in [3.8, 4) is 33.6 Å². The van der Waals surface area contributed by atoms with Crippen molar-refractivity contribution in [2.45, 2.75) is 77.5 Å². The predicted octanol–water partition coefficient (Wildman–Crippen LogP) is 7.29. The Morgan fingerprint density at radius 2 is 1.18 bits per heavy atom. The summed E-state index contributed by atoms with van der Waals surface area (Å²) in [5, 5.41) is 16.4. The molecule has 14 heteroatoms. The lowest BCUT2D eigenvalue weighted by Gasteiger charge is -2.27. The number of carbonyl (C=O) groups is 4. The van der Waals surface area contributed by atoms with Crippen LogP contribution in [0.25, 0.3) is 44.4 Å². The van der Waals surface area contributed by atoms with Crippen LogP contribution in [0, 0.1) is 11.8 Å². The molecule has 0 bridgehead atoms. The third kappa shape index (κ3) is 8.21. The number of alkyl carbamates (subject to hydrolysis) is 1. The number of aromatic nitrogens is 4. The molecule has 2 aliphatic heterocycles.